The number of benzene rings is 2. The van der Waals surface area contributed by atoms with E-state index in [4.69, 9.17) is 13.9 Å². The predicted molar refractivity (Wildman–Crippen MR) is 95.2 cm³/mol. The van der Waals surface area contributed by atoms with E-state index in [0.29, 0.717) is 22.5 Å². The number of hydrogen-bond donors (Lipinski definition) is 0. The molecule has 2 aromatic carbocycles. The van der Waals surface area contributed by atoms with Gasteiger partial charge in [-0.15, -0.1) is 0 Å². The van der Waals surface area contributed by atoms with Gasteiger partial charge in [0.05, 0.1) is 14.2 Å². The van der Waals surface area contributed by atoms with Gasteiger partial charge in [0.2, 0.25) is 0 Å². The highest BCUT2D eigenvalue weighted by Gasteiger charge is 2.15. The third-order valence-corrected chi connectivity index (χ3v) is 4.38. The second-order valence-corrected chi connectivity index (χ2v) is 5.88. The van der Waals surface area contributed by atoms with Gasteiger partial charge in [0, 0.05) is 11.6 Å². The molecule has 3 rings (SSSR count). The smallest absolute Gasteiger partial charge is 0.197 e. The van der Waals surface area contributed by atoms with Crippen molar-refractivity contribution < 1.29 is 13.9 Å². The summed E-state index contributed by atoms with van der Waals surface area (Å²) < 4.78 is 16.8. The molecule has 4 nitrogen and oxygen atoms in total. The highest BCUT2D eigenvalue weighted by molar-refractivity contribution is 5.87. The van der Waals surface area contributed by atoms with Crippen LogP contribution in [0.25, 0.3) is 22.3 Å². The van der Waals surface area contributed by atoms with Crippen LogP contribution < -0.4 is 14.9 Å². The SMILES string of the molecule is COc1cc(-c2cc(=O)c3c(OC)c(C)c(C)cc3o2)ccc1C. The first-order valence-electron chi connectivity index (χ1n) is 7.73. The summed E-state index contributed by atoms with van der Waals surface area (Å²) in [6.07, 6.45) is 0. The molecular formula is C20H20O4. The van der Waals surface area contributed by atoms with Gasteiger partial charge in [-0.2, -0.15) is 0 Å². The van der Waals surface area contributed by atoms with E-state index in [1.807, 2.05) is 45.0 Å². The first-order valence-corrected chi connectivity index (χ1v) is 7.73. The van der Waals surface area contributed by atoms with Gasteiger partial charge in [-0.3, -0.25) is 4.79 Å². The van der Waals surface area contributed by atoms with Crippen molar-refractivity contribution in [2.45, 2.75) is 20.8 Å². The van der Waals surface area contributed by atoms with E-state index in [-0.39, 0.29) is 5.43 Å². The van der Waals surface area contributed by atoms with Crippen LogP contribution in [0.4, 0.5) is 0 Å². The minimum Gasteiger partial charge on any atom is -0.496 e. The molecule has 0 spiro atoms. The second-order valence-electron chi connectivity index (χ2n) is 5.88. The normalized spacial score (nSPS) is 10.9. The molecule has 0 amide bonds. The molecule has 0 N–H and O–H groups in total. The van der Waals surface area contributed by atoms with E-state index in [9.17, 15) is 4.79 Å². The molecule has 0 saturated carbocycles. The van der Waals surface area contributed by atoms with Crippen LogP contribution in [0.1, 0.15) is 16.7 Å². The lowest BCUT2D eigenvalue weighted by molar-refractivity contribution is 0.411. The Hall–Kier alpha value is -2.75. The molecule has 0 aliphatic heterocycles. The van der Waals surface area contributed by atoms with E-state index in [1.165, 1.54) is 6.07 Å². The van der Waals surface area contributed by atoms with Gasteiger partial charge in [-0.05, 0) is 49.6 Å². The largest absolute Gasteiger partial charge is 0.496 e. The molecule has 24 heavy (non-hydrogen) atoms. The fraction of sp³-hybridized carbons (Fsp3) is 0.250. The van der Waals surface area contributed by atoms with E-state index in [2.05, 4.69) is 0 Å². The van der Waals surface area contributed by atoms with E-state index < -0.39 is 0 Å². The molecule has 0 saturated heterocycles. The van der Waals surface area contributed by atoms with Crippen LogP contribution in [-0.2, 0) is 0 Å². The summed E-state index contributed by atoms with van der Waals surface area (Å²) in [5, 5.41) is 0.475. The van der Waals surface area contributed by atoms with Gasteiger partial charge in [0.25, 0.3) is 0 Å². The van der Waals surface area contributed by atoms with Gasteiger partial charge in [-0.1, -0.05) is 12.1 Å². The molecule has 0 aliphatic carbocycles. The molecular weight excluding hydrogens is 304 g/mol. The van der Waals surface area contributed by atoms with E-state index >= 15 is 0 Å². The van der Waals surface area contributed by atoms with Gasteiger partial charge in [0.15, 0.2) is 5.43 Å². The van der Waals surface area contributed by atoms with Gasteiger partial charge >= 0.3 is 0 Å². The van der Waals surface area contributed by atoms with Crippen LogP contribution in [0.5, 0.6) is 11.5 Å². The lowest BCUT2D eigenvalue weighted by Crippen LogP contribution is -2.05. The van der Waals surface area contributed by atoms with Crippen molar-refractivity contribution >= 4 is 11.0 Å². The topological polar surface area (TPSA) is 48.7 Å². The lowest BCUT2D eigenvalue weighted by Gasteiger charge is -2.12. The van der Waals surface area contributed by atoms with Crippen LogP contribution in [0.15, 0.2) is 39.5 Å². The maximum Gasteiger partial charge on any atom is 0.197 e. The summed E-state index contributed by atoms with van der Waals surface area (Å²) >= 11 is 0. The molecule has 0 fully saturated rings. The number of aryl methyl sites for hydroxylation is 2. The van der Waals surface area contributed by atoms with Crippen LogP contribution >= 0.6 is 0 Å². The lowest BCUT2D eigenvalue weighted by atomic mass is 10.0. The van der Waals surface area contributed by atoms with Crippen LogP contribution in [0.3, 0.4) is 0 Å². The van der Waals surface area contributed by atoms with E-state index in [0.717, 1.165) is 28.0 Å². The number of rotatable bonds is 3. The Labute approximate surface area is 140 Å². The summed E-state index contributed by atoms with van der Waals surface area (Å²) in [5.74, 6) is 1.84. The number of ether oxygens (including phenoxy) is 2. The van der Waals surface area contributed by atoms with Gasteiger partial charge in [-0.25, -0.2) is 0 Å². The average Bonchev–Trinajstić information content (AvgIpc) is 2.56. The van der Waals surface area contributed by atoms with Crippen molar-refractivity contribution in [1.82, 2.24) is 0 Å². The maximum atomic E-state index is 12.7. The monoisotopic (exact) mass is 324 g/mol. The molecule has 0 atom stereocenters. The Morgan fingerprint density at radius 1 is 0.917 bits per heavy atom. The summed E-state index contributed by atoms with van der Waals surface area (Å²) in [5.41, 5.74) is 4.19. The molecule has 1 aromatic heterocycles. The Morgan fingerprint density at radius 2 is 1.67 bits per heavy atom. The highest BCUT2D eigenvalue weighted by Crippen LogP contribution is 2.33. The number of fused-ring (bicyclic) bond motifs is 1. The molecule has 0 bridgehead atoms. The molecule has 0 unspecified atom stereocenters. The molecule has 0 aliphatic rings. The van der Waals surface area contributed by atoms with Crippen molar-refractivity contribution in [2.24, 2.45) is 0 Å². The third kappa shape index (κ3) is 2.54. The molecule has 1 heterocycles. The zero-order valence-corrected chi connectivity index (χ0v) is 14.5. The Bertz CT molecular complexity index is 983. The fourth-order valence-electron chi connectivity index (χ4n) is 2.88. The van der Waals surface area contributed by atoms with Gasteiger partial charge in [0.1, 0.15) is 28.2 Å². The van der Waals surface area contributed by atoms with Gasteiger partial charge < -0.3 is 13.9 Å². The molecule has 124 valence electrons. The van der Waals surface area contributed by atoms with Crippen molar-refractivity contribution in [3.8, 4) is 22.8 Å². The minimum absolute atomic E-state index is 0.120. The first kappa shape index (κ1) is 16.1. The standard InChI is InChI=1S/C20H20O4/c1-11-6-7-14(9-16(11)22-4)17-10-15(21)19-18(24-17)8-12(2)13(3)20(19)23-5/h6-10H,1-5H3. The number of methoxy groups -OCH3 is 2. The van der Waals surface area contributed by atoms with Crippen molar-refractivity contribution in [3.05, 3.63) is 57.2 Å². The van der Waals surface area contributed by atoms with Crippen molar-refractivity contribution in [2.75, 3.05) is 14.2 Å². The molecule has 4 heteroatoms. The van der Waals surface area contributed by atoms with Crippen LogP contribution in [-0.4, -0.2) is 14.2 Å². The average molecular weight is 324 g/mol. The summed E-state index contributed by atoms with van der Waals surface area (Å²) in [7, 11) is 3.19. The summed E-state index contributed by atoms with van der Waals surface area (Å²) in [4.78, 5) is 12.7. The third-order valence-electron chi connectivity index (χ3n) is 4.38. The maximum absolute atomic E-state index is 12.7. The predicted octanol–water partition coefficient (Wildman–Crippen LogP) is 4.40. The zero-order valence-electron chi connectivity index (χ0n) is 14.5. The van der Waals surface area contributed by atoms with E-state index in [1.54, 1.807) is 14.2 Å². The summed E-state index contributed by atoms with van der Waals surface area (Å²) in [6.45, 7) is 5.88. The highest BCUT2D eigenvalue weighted by atomic mass is 16.5. The molecule has 3 aromatic rings. The van der Waals surface area contributed by atoms with Crippen LogP contribution in [0, 0.1) is 20.8 Å². The second kappa shape index (κ2) is 6.04. The Kier molecular flexibility index (Phi) is 4.06. The van der Waals surface area contributed by atoms with Crippen molar-refractivity contribution in [3.63, 3.8) is 0 Å². The summed E-state index contributed by atoms with van der Waals surface area (Å²) in [6, 6.07) is 9.12. The first-order chi connectivity index (χ1) is 11.5. The molecule has 0 radical (unpaired) electrons. The quantitative estimate of drug-likeness (QED) is 0.716. The van der Waals surface area contributed by atoms with Crippen molar-refractivity contribution in [1.29, 1.82) is 0 Å². The zero-order chi connectivity index (χ0) is 17.4. The Morgan fingerprint density at radius 3 is 2.33 bits per heavy atom. The Balaban J connectivity index is 2.29. The fourth-order valence-corrected chi connectivity index (χ4v) is 2.88. The number of hydrogen-bond acceptors (Lipinski definition) is 4. The minimum atomic E-state index is -0.120. The van der Waals surface area contributed by atoms with Crippen LogP contribution in [0.2, 0.25) is 0 Å².